The molecular weight excluding hydrogens is 312 g/mol. The van der Waals surface area contributed by atoms with E-state index >= 15 is 0 Å². The van der Waals surface area contributed by atoms with Gasteiger partial charge in [-0.1, -0.05) is 48.6 Å². The van der Waals surface area contributed by atoms with Crippen molar-refractivity contribution in [1.82, 2.24) is 0 Å². The number of aliphatic carboxylic acids is 2. The topological polar surface area (TPSA) is 93.1 Å². The van der Waals surface area contributed by atoms with E-state index in [0.717, 1.165) is 5.56 Å². The van der Waals surface area contributed by atoms with Gasteiger partial charge in [0.25, 0.3) is 0 Å². The smallest absolute Gasteiger partial charge is 0.331 e. The standard InChI is InChI=1S/C9H10O4.C9H10O2/c1-9(8(12)13)4-2-3-6(5-9)7(10)11;1-2-4-8(5-3-1)9-10-6-7-11-9/h2-4H,5H2,1H3,(H,10,11)(H,12,13);1-5,9H,6-7H2. The Hall–Kier alpha value is -2.44. The molecule has 3 rings (SSSR count). The number of carboxylic acids is 2. The van der Waals surface area contributed by atoms with Crippen LogP contribution in [0.25, 0.3) is 0 Å². The van der Waals surface area contributed by atoms with E-state index in [1.54, 1.807) is 0 Å². The van der Waals surface area contributed by atoms with Crippen molar-refractivity contribution >= 4 is 11.9 Å². The van der Waals surface area contributed by atoms with E-state index in [-0.39, 0.29) is 18.3 Å². The van der Waals surface area contributed by atoms with Crippen LogP contribution in [-0.2, 0) is 19.1 Å². The van der Waals surface area contributed by atoms with Gasteiger partial charge in [-0.25, -0.2) is 4.79 Å². The Morgan fingerprint density at radius 1 is 1.12 bits per heavy atom. The van der Waals surface area contributed by atoms with Crippen LogP contribution in [0.3, 0.4) is 0 Å². The van der Waals surface area contributed by atoms with Crippen molar-refractivity contribution in [2.24, 2.45) is 5.41 Å². The predicted octanol–water partition coefficient (Wildman–Crippen LogP) is 2.78. The molecule has 0 saturated carbocycles. The lowest BCUT2D eigenvalue weighted by Gasteiger charge is -2.23. The summed E-state index contributed by atoms with van der Waals surface area (Å²) in [6, 6.07) is 9.98. The predicted molar refractivity (Wildman–Crippen MR) is 86.3 cm³/mol. The summed E-state index contributed by atoms with van der Waals surface area (Å²) in [5, 5.41) is 17.5. The van der Waals surface area contributed by atoms with Gasteiger partial charge in [0.05, 0.1) is 18.6 Å². The van der Waals surface area contributed by atoms with Crippen molar-refractivity contribution < 1.29 is 29.3 Å². The Bertz CT molecular complexity index is 643. The molecule has 2 N–H and O–H groups in total. The number of benzene rings is 1. The minimum absolute atomic E-state index is 0.0359. The number of hydrogen-bond acceptors (Lipinski definition) is 4. The van der Waals surface area contributed by atoms with E-state index in [1.165, 1.54) is 25.2 Å². The zero-order valence-corrected chi connectivity index (χ0v) is 13.3. The van der Waals surface area contributed by atoms with Gasteiger partial charge in [0.1, 0.15) is 0 Å². The third kappa shape index (κ3) is 4.53. The number of rotatable bonds is 3. The summed E-state index contributed by atoms with van der Waals surface area (Å²) in [4.78, 5) is 21.3. The highest BCUT2D eigenvalue weighted by Gasteiger charge is 2.34. The zero-order valence-electron chi connectivity index (χ0n) is 13.3. The Morgan fingerprint density at radius 3 is 2.29 bits per heavy atom. The second kappa shape index (κ2) is 7.90. The van der Waals surface area contributed by atoms with Gasteiger partial charge in [-0.2, -0.15) is 0 Å². The lowest BCUT2D eigenvalue weighted by atomic mass is 9.80. The van der Waals surface area contributed by atoms with Gasteiger partial charge in [-0.15, -0.1) is 0 Å². The molecule has 6 heteroatoms. The van der Waals surface area contributed by atoms with Gasteiger partial charge in [0.15, 0.2) is 6.29 Å². The molecule has 1 unspecified atom stereocenters. The summed E-state index contributed by atoms with van der Waals surface area (Å²) < 4.78 is 10.6. The molecule has 1 aromatic carbocycles. The molecule has 128 valence electrons. The lowest BCUT2D eigenvalue weighted by molar-refractivity contribution is -0.145. The molecule has 1 fully saturated rings. The first-order valence-corrected chi connectivity index (χ1v) is 7.55. The van der Waals surface area contributed by atoms with Crippen molar-refractivity contribution in [2.75, 3.05) is 13.2 Å². The van der Waals surface area contributed by atoms with E-state index in [2.05, 4.69) is 0 Å². The molecule has 6 nitrogen and oxygen atoms in total. The Labute approximate surface area is 140 Å². The largest absolute Gasteiger partial charge is 0.481 e. The van der Waals surface area contributed by atoms with Crippen LogP contribution in [-0.4, -0.2) is 35.4 Å². The van der Waals surface area contributed by atoms with Crippen LogP contribution in [0.15, 0.2) is 54.1 Å². The second-order valence-corrected chi connectivity index (χ2v) is 5.74. The van der Waals surface area contributed by atoms with Gasteiger partial charge in [-0.05, 0) is 13.3 Å². The molecule has 24 heavy (non-hydrogen) atoms. The van der Waals surface area contributed by atoms with Crippen molar-refractivity contribution in [3.05, 3.63) is 59.7 Å². The second-order valence-electron chi connectivity index (χ2n) is 5.74. The molecule has 1 aliphatic heterocycles. The van der Waals surface area contributed by atoms with E-state index in [9.17, 15) is 9.59 Å². The number of allylic oxidation sites excluding steroid dienone is 2. The van der Waals surface area contributed by atoms with E-state index in [4.69, 9.17) is 19.7 Å². The highest BCUT2D eigenvalue weighted by molar-refractivity contribution is 5.90. The Balaban J connectivity index is 0.000000175. The first-order chi connectivity index (χ1) is 11.4. The van der Waals surface area contributed by atoms with Crippen LogP contribution in [0, 0.1) is 5.41 Å². The molecule has 2 aliphatic rings. The quantitative estimate of drug-likeness (QED) is 0.884. The molecule has 0 spiro atoms. The summed E-state index contributed by atoms with van der Waals surface area (Å²) in [5.74, 6) is -2.06. The van der Waals surface area contributed by atoms with Crippen molar-refractivity contribution in [1.29, 1.82) is 0 Å². The van der Waals surface area contributed by atoms with Gasteiger partial charge in [0, 0.05) is 11.1 Å². The van der Waals surface area contributed by atoms with Crippen molar-refractivity contribution in [3.63, 3.8) is 0 Å². The summed E-state index contributed by atoms with van der Waals surface area (Å²) in [5.41, 5.74) is 0.153. The van der Waals surface area contributed by atoms with Crippen LogP contribution in [0.2, 0.25) is 0 Å². The summed E-state index contributed by atoms with van der Waals surface area (Å²) in [6.07, 6.45) is 4.31. The molecule has 0 aromatic heterocycles. The summed E-state index contributed by atoms with van der Waals surface area (Å²) >= 11 is 0. The number of carbonyl (C=O) groups is 2. The third-order valence-corrected chi connectivity index (χ3v) is 3.78. The molecule has 0 radical (unpaired) electrons. The molecule has 0 amide bonds. The summed E-state index contributed by atoms with van der Waals surface area (Å²) in [7, 11) is 0. The van der Waals surface area contributed by atoms with E-state index in [0.29, 0.717) is 13.2 Å². The SMILES string of the molecule is CC1(C(=O)O)C=CC=C(C(=O)O)C1.c1ccc(C2OCCO2)cc1. The number of hydrogen-bond donors (Lipinski definition) is 2. The first-order valence-electron chi connectivity index (χ1n) is 7.55. The van der Waals surface area contributed by atoms with Crippen molar-refractivity contribution in [3.8, 4) is 0 Å². The minimum atomic E-state index is -1.08. The van der Waals surface area contributed by atoms with Crippen LogP contribution >= 0.6 is 0 Å². The molecule has 1 atom stereocenters. The van der Waals surface area contributed by atoms with E-state index < -0.39 is 17.4 Å². The third-order valence-electron chi connectivity index (χ3n) is 3.78. The Kier molecular flexibility index (Phi) is 5.89. The fraction of sp³-hybridized carbons (Fsp3) is 0.333. The molecule has 1 aromatic rings. The van der Waals surface area contributed by atoms with Crippen LogP contribution in [0.4, 0.5) is 0 Å². The number of ether oxygens (including phenoxy) is 2. The monoisotopic (exact) mass is 332 g/mol. The molecule has 1 saturated heterocycles. The number of carboxylic acid groups (broad SMARTS) is 2. The minimum Gasteiger partial charge on any atom is -0.481 e. The average Bonchev–Trinajstić information content (AvgIpc) is 3.11. The zero-order chi connectivity index (χ0) is 17.6. The molecule has 1 heterocycles. The van der Waals surface area contributed by atoms with Gasteiger partial charge in [-0.3, -0.25) is 4.79 Å². The molecule has 0 bridgehead atoms. The highest BCUT2D eigenvalue weighted by Crippen LogP contribution is 2.31. The molecule has 1 aliphatic carbocycles. The maximum Gasteiger partial charge on any atom is 0.331 e. The fourth-order valence-electron chi connectivity index (χ4n) is 2.34. The first kappa shape index (κ1) is 17.9. The van der Waals surface area contributed by atoms with Crippen molar-refractivity contribution in [2.45, 2.75) is 19.6 Å². The van der Waals surface area contributed by atoms with Gasteiger partial charge >= 0.3 is 11.9 Å². The van der Waals surface area contributed by atoms with Crippen LogP contribution in [0.1, 0.15) is 25.2 Å². The normalized spacial score (nSPS) is 23.1. The highest BCUT2D eigenvalue weighted by atomic mass is 16.7. The van der Waals surface area contributed by atoms with Gasteiger partial charge < -0.3 is 19.7 Å². The van der Waals surface area contributed by atoms with E-state index in [1.807, 2.05) is 30.3 Å². The van der Waals surface area contributed by atoms with Crippen LogP contribution < -0.4 is 0 Å². The fourth-order valence-corrected chi connectivity index (χ4v) is 2.34. The van der Waals surface area contributed by atoms with Gasteiger partial charge in [0.2, 0.25) is 0 Å². The maximum absolute atomic E-state index is 10.8. The lowest BCUT2D eigenvalue weighted by Crippen LogP contribution is -2.28. The summed E-state index contributed by atoms with van der Waals surface area (Å²) in [6.45, 7) is 2.92. The molecular formula is C18H20O6. The maximum atomic E-state index is 10.8. The Morgan fingerprint density at radius 2 is 1.75 bits per heavy atom. The van der Waals surface area contributed by atoms with Crippen LogP contribution in [0.5, 0.6) is 0 Å². The average molecular weight is 332 g/mol.